The molecule has 0 saturated heterocycles. The lowest BCUT2D eigenvalue weighted by molar-refractivity contribution is 0.101. The van der Waals surface area contributed by atoms with E-state index in [1.54, 1.807) is 29.1 Å². The maximum atomic E-state index is 14.5. The van der Waals surface area contributed by atoms with E-state index in [4.69, 9.17) is 9.47 Å². The van der Waals surface area contributed by atoms with Gasteiger partial charge in [-0.2, -0.15) is 5.10 Å². The molecular formula is C27H21FN2O3. The van der Waals surface area contributed by atoms with Crippen LogP contribution in [0, 0.1) is 19.7 Å². The molecule has 2 heterocycles. The van der Waals surface area contributed by atoms with E-state index >= 15 is 0 Å². The number of hydrogen-bond acceptors (Lipinski definition) is 4. The van der Waals surface area contributed by atoms with Crippen molar-refractivity contribution in [1.82, 2.24) is 9.78 Å². The Morgan fingerprint density at radius 2 is 1.79 bits per heavy atom. The van der Waals surface area contributed by atoms with Gasteiger partial charge in [0.15, 0.2) is 17.3 Å². The third-order valence-electron chi connectivity index (χ3n) is 5.76. The minimum absolute atomic E-state index is 0.150. The molecule has 5 rings (SSSR count). The van der Waals surface area contributed by atoms with Crippen molar-refractivity contribution in [1.29, 1.82) is 0 Å². The summed E-state index contributed by atoms with van der Waals surface area (Å²) in [5, 5.41) is 4.69. The van der Waals surface area contributed by atoms with Crippen molar-refractivity contribution < 1.29 is 18.7 Å². The summed E-state index contributed by atoms with van der Waals surface area (Å²) in [6.07, 6.45) is 3.47. The molecule has 0 amide bonds. The number of Topliss-reactive ketones (excluding diaryl/α,β-unsaturated/α-hetero) is 1. The summed E-state index contributed by atoms with van der Waals surface area (Å²) in [5.74, 6) is 0.221. The molecule has 164 valence electrons. The van der Waals surface area contributed by atoms with Crippen LogP contribution in [0.5, 0.6) is 11.5 Å². The second kappa shape index (κ2) is 8.06. The number of fused-ring (bicyclic) bond motifs is 1. The van der Waals surface area contributed by atoms with Gasteiger partial charge >= 0.3 is 0 Å². The largest absolute Gasteiger partial charge is 0.494 e. The van der Waals surface area contributed by atoms with E-state index in [1.807, 2.05) is 56.3 Å². The fourth-order valence-corrected chi connectivity index (χ4v) is 3.83. The Hall–Kier alpha value is -4.19. The summed E-state index contributed by atoms with van der Waals surface area (Å²) in [7, 11) is 1.42. The predicted molar refractivity (Wildman–Crippen MR) is 124 cm³/mol. The molecule has 3 aromatic carbocycles. The first-order valence-electron chi connectivity index (χ1n) is 10.5. The summed E-state index contributed by atoms with van der Waals surface area (Å²) in [5.41, 5.74) is 5.17. The van der Waals surface area contributed by atoms with Crippen LogP contribution >= 0.6 is 0 Å². The van der Waals surface area contributed by atoms with Crippen LogP contribution < -0.4 is 9.47 Å². The summed E-state index contributed by atoms with van der Waals surface area (Å²) >= 11 is 0. The van der Waals surface area contributed by atoms with Gasteiger partial charge in [0, 0.05) is 17.3 Å². The fourth-order valence-electron chi connectivity index (χ4n) is 3.83. The van der Waals surface area contributed by atoms with Crippen LogP contribution in [-0.2, 0) is 0 Å². The number of methoxy groups -OCH3 is 1. The van der Waals surface area contributed by atoms with Crippen LogP contribution in [0.1, 0.15) is 27.0 Å². The van der Waals surface area contributed by atoms with E-state index in [-0.39, 0.29) is 17.3 Å². The van der Waals surface area contributed by atoms with Gasteiger partial charge in [0.2, 0.25) is 5.78 Å². The number of para-hydroxylation sites is 1. The first kappa shape index (κ1) is 20.7. The highest BCUT2D eigenvalue weighted by Crippen LogP contribution is 2.36. The lowest BCUT2D eigenvalue weighted by atomic mass is 10.0. The Labute approximate surface area is 190 Å². The van der Waals surface area contributed by atoms with Crippen molar-refractivity contribution in [3.63, 3.8) is 0 Å². The average molecular weight is 440 g/mol. The first-order chi connectivity index (χ1) is 15.9. The summed E-state index contributed by atoms with van der Waals surface area (Å²) in [6, 6.07) is 18.0. The van der Waals surface area contributed by atoms with Gasteiger partial charge in [-0.05, 0) is 73.5 Å². The Bertz CT molecular complexity index is 1420. The van der Waals surface area contributed by atoms with Crippen LogP contribution in [0.25, 0.3) is 23.0 Å². The highest BCUT2D eigenvalue weighted by molar-refractivity contribution is 6.14. The van der Waals surface area contributed by atoms with Crippen molar-refractivity contribution >= 4 is 11.9 Å². The molecule has 6 heteroatoms. The maximum Gasteiger partial charge on any atom is 0.231 e. The molecule has 0 bridgehead atoms. The molecule has 1 aromatic heterocycles. The number of carbonyl (C=O) groups is 1. The number of halogens is 1. The molecule has 4 aromatic rings. The van der Waals surface area contributed by atoms with Gasteiger partial charge in [-0.3, -0.25) is 4.79 Å². The minimum atomic E-state index is -0.491. The number of hydrogen-bond donors (Lipinski definition) is 0. The van der Waals surface area contributed by atoms with Crippen molar-refractivity contribution in [2.45, 2.75) is 13.8 Å². The normalized spacial score (nSPS) is 13.8. The molecule has 1 aliphatic heterocycles. The van der Waals surface area contributed by atoms with Crippen LogP contribution in [0.2, 0.25) is 0 Å². The fraction of sp³-hybridized carbons (Fsp3) is 0.111. The van der Waals surface area contributed by atoms with Gasteiger partial charge in [0.1, 0.15) is 11.4 Å². The topological polar surface area (TPSA) is 53.4 Å². The number of ether oxygens (including phenoxy) is 2. The highest BCUT2D eigenvalue weighted by Gasteiger charge is 2.28. The summed E-state index contributed by atoms with van der Waals surface area (Å²) in [6.45, 7) is 3.94. The Balaban J connectivity index is 1.63. The third-order valence-corrected chi connectivity index (χ3v) is 5.76. The summed E-state index contributed by atoms with van der Waals surface area (Å²) in [4.78, 5) is 13.0. The monoisotopic (exact) mass is 440 g/mol. The number of allylic oxidation sites excluding steroid dienone is 1. The lowest BCUT2D eigenvalue weighted by Crippen LogP contribution is -1.98. The number of ketones is 1. The van der Waals surface area contributed by atoms with Crippen LogP contribution in [-0.4, -0.2) is 22.7 Å². The Morgan fingerprint density at radius 3 is 2.52 bits per heavy atom. The molecule has 0 radical (unpaired) electrons. The van der Waals surface area contributed by atoms with Gasteiger partial charge in [-0.15, -0.1) is 0 Å². The van der Waals surface area contributed by atoms with Crippen LogP contribution in [0.3, 0.4) is 0 Å². The van der Waals surface area contributed by atoms with Crippen molar-refractivity contribution in [3.8, 4) is 28.4 Å². The maximum absolute atomic E-state index is 14.5. The van der Waals surface area contributed by atoms with Crippen molar-refractivity contribution in [2.24, 2.45) is 0 Å². The quantitative estimate of drug-likeness (QED) is 0.370. The smallest absolute Gasteiger partial charge is 0.231 e. The Morgan fingerprint density at radius 1 is 1.03 bits per heavy atom. The van der Waals surface area contributed by atoms with Gasteiger partial charge in [-0.25, -0.2) is 9.07 Å². The lowest BCUT2D eigenvalue weighted by Gasteiger charge is -2.05. The van der Waals surface area contributed by atoms with Crippen LogP contribution in [0.15, 0.2) is 72.6 Å². The molecule has 0 unspecified atom stereocenters. The number of nitrogens with zero attached hydrogens (tertiary/aromatic N) is 2. The molecule has 33 heavy (non-hydrogen) atoms. The second-order valence-corrected chi connectivity index (χ2v) is 7.93. The van der Waals surface area contributed by atoms with Gasteiger partial charge in [-0.1, -0.05) is 18.2 Å². The molecule has 0 fully saturated rings. The number of rotatable bonds is 4. The van der Waals surface area contributed by atoms with Gasteiger partial charge in [0.05, 0.1) is 18.4 Å². The Kier molecular flexibility index (Phi) is 5.05. The summed E-state index contributed by atoms with van der Waals surface area (Å²) < 4.78 is 27.1. The molecule has 0 aliphatic carbocycles. The van der Waals surface area contributed by atoms with Crippen molar-refractivity contribution in [3.05, 3.63) is 101 Å². The highest BCUT2D eigenvalue weighted by atomic mass is 19.1. The first-order valence-corrected chi connectivity index (χ1v) is 10.5. The second-order valence-electron chi connectivity index (χ2n) is 7.93. The van der Waals surface area contributed by atoms with Gasteiger partial charge < -0.3 is 9.47 Å². The number of aryl methyl sites for hydroxylation is 2. The third kappa shape index (κ3) is 3.69. The van der Waals surface area contributed by atoms with Gasteiger partial charge in [0.25, 0.3) is 0 Å². The van der Waals surface area contributed by atoms with Crippen LogP contribution in [0.4, 0.5) is 4.39 Å². The zero-order valence-electron chi connectivity index (χ0n) is 18.4. The predicted octanol–water partition coefficient (Wildman–Crippen LogP) is 5.92. The van der Waals surface area contributed by atoms with E-state index in [1.165, 1.54) is 13.2 Å². The SMILES string of the molecule is COc1ccc(-c2nn(-c3ccccc3)cc2/C=C2\Oc3cc(C)c(C)cc3C2=O)cc1F. The van der Waals surface area contributed by atoms with E-state index in [0.717, 1.165) is 16.8 Å². The van der Waals surface area contributed by atoms with E-state index in [2.05, 4.69) is 5.10 Å². The molecule has 0 spiro atoms. The molecule has 0 atom stereocenters. The molecular weight excluding hydrogens is 419 g/mol. The van der Waals surface area contributed by atoms with E-state index in [9.17, 15) is 9.18 Å². The van der Waals surface area contributed by atoms with E-state index in [0.29, 0.717) is 28.1 Å². The van der Waals surface area contributed by atoms with Crippen molar-refractivity contribution in [2.75, 3.05) is 7.11 Å². The number of carbonyl (C=O) groups excluding carboxylic acids is 1. The number of benzene rings is 3. The zero-order chi connectivity index (χ0) is 23.1. The molecule has 0 N–H and O–H groups in total. The number of aromatic nitrogens is 2. The standard InChI is InChI=1S/C27H21FN2O3/c1-16-11-21-24(12-17(16)2)33-25(27(21)31)14-19-15-30(20-7-5-4-6-8-20)29-26(19)18-9-10-23(32-3)22(28)13-18/h4-15H,1-3H3/b25-14-. The molecule has 1 aliphatic rings. The molecule has 5 nitrogen and oxygen atoms in total. The zero-order valence-corrected chi connectivity index (χ0v) is 18.4. The minimum Gasteiger partial charge on any atom is -0.494 e. The molecule has 0 saturated carbocycles. The van der Waals surface area contributed by atoms with E-state index < -0.39 is 5.82 Å². The average Bonchev–Trinajstić information content (AvgIpc) is 3.36.